The first kappa shape index (κ1) is 18.2. The van der Waals surface area contributed by atoms with Gasteiger partial charge in [-0.25, -0.2) is 0 Å². The van der Waals surface area contributed by atoms with Crippen molar-refractivity contribution in [2.45, 2.75) is 19.5 Å². The fraction of sp³-hybridized carbons (Fsp3) is 0.190. The standard InChI is InChI=1S/C21H18N2O4S/c1-13(18-6-4-10-28-18)22(2)19(24)14-7-8-16-17(11-14)21(26)23(20(16)25)12-15-5-3-9-27-15/h3-11,13H,12H2,1-2H3/t13-/m1/s1. The molecule has 28 heavy (non-hydrogen) atoms. The van der Waals surface area contributed by atoms with E-state index in [0.29, 0.717) is 16.9 Å². The molecule has 142 valence electrons. The lowest BCUT2D eigenvalue weighted by atomic mass is 10.0. The number of carbonyl (C=O) groups is 3. The Kier molecular flexibility index (Phi) is 4.60. The highest BCUT2D eigenvalue weighted by molar-refractivity contribution is 7.10. The molecule has 0 saturated heterocycles. The van der Waals surface area contributed by atoms with E-state index in [1.54, 1.807) is 47.5 Å². The van der Waals surface area contributed by atoms with Gasteiger partial charge in [-0.15, -0.1) is 11.3 Å². The van der Waals surface area contributed by atoms with Gasteiger partial charge in [-0.2, -0.15) is 0 Å². The average Bonchev–Trinajstić information content (AvgIpc) is 3.46. The van der Waals surface area contributed by atoms with E-state index in [4.69, 9.17) is 4.42 Å². The molecular formula is C21H18N2O4S. The molecule has 1 atom stereocenters. The molecular weight excluding hydrogens is 376 g/mol. The van der Waals surface area contributed by atoms with Crippen molar-refractivity contribution >= 4 is 29.1 Å². The molecule has 3 amide bonds. The SMILES string of the molecule is C[C@H](c1cccs1)N(C)C(=O)c1ccc2c(c1)C(=O)N(Cc1ccco1)C2=O. The number of fused-ring (bicyclic) bond motifs is 1. The maximum absolute atomic E-state index is 12.9. The first-order chi connectivity index (χ1) is 13.5. The molecule has 0 N–H and O–H groups in total. The average molecular weight is 394 g/mol. The van der Waals surface area contributed by atoms with Gasteiger partial charge in [-0.05, 0) is 48.7 Å². The van der Waals surface area contributed by atoms with Crippen molar-refractivity contribution in [2.24, 2.45) is 0 Å². The molecule has 4 rings (SSSR count). The van der Waals surface area contributed by atoms with Crippen LogP contribution >= 0.6 is 11.3 Å². The normalized spacial score (nSPS) is 14.3. The second-order valence-electron chi connectivity index (χ2n) is 6.64. The second kappa shape index (κ2) is 7.09. The summed E-state index contributed by atoms with van der Waals surface area (Å²) < 4.78 is 5.24. The number of rotatable bonds is 5. The quantitative estimate of drug-likeness (QED) is 0.614. The smallest absolute Gasteiger partial charge is 0.261 e. The predicted octanol–water partition coefficient (Wildman–Crippen LogP) is 3.97. The van der Waals surface area contributed by atoms with E-state index >= 15 is 0 Å². The second-order valence-corrected chi connectivity index (χ2v) is 7.62. The highest BCUT2D eigenvalue weighted by atomic mass is 32.1. The minimum absolute atomic E-state index is 0.0674. The number of thiophene rings is 1. The maximum atomic E-state index is 12.9. The van der Waals surface area contributed by atoms with E-state index in [1.165, 1.54) is 12.3 Å². The molecule has 0 unspecified atom stereocenters. The van der Waals surface area contributed by atoms with Crippen LogP contribution in [0.25, 0.3) is 0 Å². The van der Waals surface area contributed by atoms with E-state index < -0.39 is 5.91 Å². The fourth-order valence-electron chi connectivity index (χ4n) is 3.23. The third kappa shape index (κ3) is 3.03. The van der Waals surface area contributed by atoms with Crippen LogP contribution in [0.2, 0.25) is 0 Å². The van der Waals surface area contributed by atoms with Gasteiger partial charge in [0.2, 0.25) is 0 Å². The summed E-state index contributed by atoms with van der Waals surface area (Å²) in [6, 6.07) is 11.9. The Morgan fingerprint density at radius 2 is 1.93 bits per heavy atom. The minimum atomic E-state index is -0.417. The van der Waals surface area contributed by atoms with Crippen LogP contribution in [0.3, 0.4) is 0 Å². The molecule has 1 aliphatic rings. The van der Waals surface area contributed by atoms with Gasteiger partial charge >= 0.3 is 0 Å². The molecule has 3 heterocycles. The van der Waals surface area contributed by atoms with Crippen LogP contribution < -0.4 is 0 Å². The van der Waals surface area contributed by atoms with Crippen LogP contribution in [-0.4, -0.2) is 34.6 Å². The van der Waals surface area contributed by atoms with Crippen LogP contribution in [0.4, 0.5) is 0 Å². The summed E-state index contributed by atoms with van der Waals surface area (Å²) in [6.07, 6.45) is 1.49. The number of carbonyl (C=O) groups excluding carboxylic acids is 3. The molecule has 2 aromatic heterocycles. The summed E-state index contributed by atoms with van der Waals surface area (Å²) >= 11 is 1.59. The lowest BCUT2D eigenvalue weighted by molar-refractivity contribution is 0.0631. The summed E-state index contributed by atoms with van der Waals surface area (Å²) in [5, 5.41) is 1.97. The summed E-state index contributed by atoms with van der Waals surface area (Å²) in [5.41, 5.74) is 0.937. The monoisotopic (exact) mass is 394 g/mol. The number of hydrogen-bond donors (Lipinski definition) is 0. The van der Waals surface area contributed by atoms with Crippen molar-refractivity contribution in [3.8, 4) is 0 Å². The molecule has 7 heteroatoms. The first-order valence-electron chi connectivity index (χ1n) is 8.80. The third-order valence-electron chi connectivity index (χ3n) is 4.97. The molecule has 0 fully saturated rings. The van der Waals surface area contributed by atoms with Crippen LogP contribution in [0.15, 0.2) is 58.5 Å². The van der Waals surface area contributed by atoms with Crippen molar-refractivity contribution in [3.05, 3.63) is 81.4 Å². The van der Waals surface area contributed by atoms with Crippen molar-refractivity contribution in [3.63, 3.8) is 0 Å². The Labute approximate surface area is 166 Å². The number of imide groups is 1. The van der Waals surface area contributed by atoms with E-state index in [9.17, 15) is 14.4 Å². The summed E-state index contributed by atoms with van der Waals surface area (Å²) in [4.78, 5) is 42.1. The van der Waals surface area contributed by atoms with E-state index in [1.807, 2.05) is 24.4 Å². The number of nitrogens with zero attached hydrogens (tertiary/aromatic N) is 2. The number of furan rings is 1. The van der Waals surface area contributed by atoms with Gasteiger partial charge in [-0.1, -0.05) is 6.07 Å². The Balaban J connectivity index is 1.58. The molecule has 1 aliphatic heterocycles. The molecule has 1 aromatic carbocycles. The van der Waals surface area contributed by atoms with E-state index in [-0.39, 0.29) is 30.0 Å². The number of amides is 3. The van der Waals surface area contributed by atoms with Crippen molar-refractivity contribution in [1.29, 1.82) is 0 Å². The minimum Gasteiger partial charge on any atom is -0.467 e. The van der Waals surface area contributed by atoms with Gasteiger partial charge < -0.3 is 9.32 Å². The molecule has 0 spiro atoms. The Morgan fingerprint density at radius 3 is 2.61 bits per heavy atom. The van der Waals surface area contributed by atoms with Gasteiger partial charge in [0.1, 0.15) is 5.76 Å². The summed E-state index contributed by atoms with van der Waals surface area (Å²) in [7, 11) is 1.73. The Morgan fingerprint density at radius 1 is 1.14 bits per heavy atom. The largest absolute Gasteiger partial charge is 0.467 e. The molecule has 0 radical (unpaired) electrons. The topological polar surface area (TPSA) is 70.8 Å². The van der Waals surface area contributed by atoms with Crippen LogP contribution in [0.1, 0.15) is 54.7 Å². The summed E-state index contributed by atoms with van der Waals surface area (Å²) in [5.74, 6) is -0.473. The van der Waals surface area contributed by atoms with Gasteiger partial charge in [0.25, 0.3) is 17.7 Å². The number of benzene rings is 1. The zero-order valence-electron chi connectivity index (χ0n) is 15.4. The van der Waals surface area contributed by atoms with Gasteiger partial charge in [0.05, 0.1) is 30.0 Å². The molecule has 0 bridgehead atoms. The highest BCUT2D eigenvalue weighted by Crippen LogP contribution is 2.28. The zero-order chi connectivity index (χ0) is 19.8. The van der Waals surface area contributed by atoms with Gasteiger partial charge in [0.15, 0.2) is 0 Å². The molecule has 3 aromatic rings. The van der Waals surface area contributed by atoms with E-state index in [0.717, 1.165) is 9.78 Å². The highest BCUT2D eigenvalue weighted by Gasteiger charge is 2.36. The van der Waals surface area contributed by atoms with E-state index in [2.05, 4.69) is 0 Å². The lowest BCUT2D eigenvalue weighted by Gasteiger charge is -2.24. The van der Waals surface area contributed by atoms with Crippen LogP contribution in [-0.2, 0) is 6.54 Å². The van der Waals surface area contributed by atoms with Gasteiger partial charge in [-0.3, -0.25) is 19.3 Å². The lowest BCUT2D eigenvalue weighted by Crippen LogP contribution is -2.29. The molecule has 0 saturated carbocycles. The molecule has 6 nitrogen and oxygen atoms in total. The predicted molar refractivity (Wildman–Crippen MR) is 104 cm³/mol. The molecule has 0 aliphatic carbocycles. The van der Waals surface area contributed by atoms with Gasteiger partial charge in [0, 0.05) is 17.5 Å². The van der Waals surface area contributed by atoms with Crippen molar-refractivity contribution < 1.29 is 18.8 Å². The van der Waals surface area contributed by atoms with Crippen LogP contribution in [0, 0.1) is 0 Å². The maximum Gasteiger partial charge on any atom is 0.261 e. The first-order valence-corrected chi connectivity index (χ1v) is 9.68. The Bertz CT molecular complexity index is 1040. The van der Waals surface area contributed by atoms with Crippen molar-refractivity contribution in [2.75, 3.05) is 7.05 Å². The van der Waals surface area contributed by atoms with Crippen LogP contribution in [0.5, 0.6) is 0 Å². The fourth-order valence-corrected chi connectivity index (χ4v) is 4.05. The number of hydrogen-bond acceptors (Lipinski definition) is 5. The zero-order valence-corrected chi connectivity index (χ0v) is 16.2. The Hall–Kier alpha value is -3.19. The summed E-state index contributed by atoms with van der Waals surface area (Å²) in [6.45, 7) is 2.02. The third-order valence-corrected chi connectivity index (χ3v) is 6.01. The van der Waals surface area contributed by atoms with Crippen molar-refractivity contribution in [1.82, 2.24) is 9.80 Å².